The second-order valence-electron chi connectivity index (χ2n) is 2.87. The van der Waals surface area contributed by atoms with Crippen molar-refractivity contribution in [3.05, 3.63) is 0 Å². The summed E-state index contributed by atoms with van der Waals surface area (Å²) in [5.41, 5.74) is 0. The van der Waals surface area contributed by atoms with Gasteiger partial charge in [0.05, 0.1) is 6.54 Å². The van der Waals surface area contributed by atoms with Gasteiger partial charge in [-0.1, -0.05) is 0 Å². The van der Waals surface area contributed by atoms with Crippen molar-refractivity contribution in [1.82, 2.24) is 9.80 Å². The predicted molar refractivity (Wildman–Crippen MR) is 39.9 cm³/mol. The third-order valence-corrected chi connectivity index (χ3v) is 2.08. The van der Waals surface area contributed by atoms with Crippen molar-refractivity contribution in [2.75, 3.05) is 20.6 Å². The van der Waals surface area contributed by atoms with Crippen LogP contribution in [0.4, 0.5) is 0 Å². The maximum absolute atomic E-state index is 11.2. The third-order valence-electron chi connectivity index (χ3n) is 2.08. The summed E-state index contributed by atoms with van der Waals surface area (Å²) in [6.07, 6.45) is 0. The van der Waals surface area contributed by atoms with Crippen LogP contribution in [0.5, 0.6) is 0 Å². The van der Waals surface area contributed by atoms with E-state index in [4.69, 9.17) is 0 Å². The zero-order valence-corrected chi connectivity index (χ0v) is 7.00. The summed E-state index contributed by atoms with van der Waals surface area (Å²) in [6, 6.07) is -0.304. The molecule has 1 unspecified atom stereocenters. The maximum Gasteiger partial charge on any atom is 0.245 e. The standard InChI is InChI=1S/C7H12N2O2/c1-5-7(11)8(2)4-6(10)9(5)3/h5H,4H2,1-3H3. The molecule has 2 amide bonds. The second kappa shape index (κ2) is 2.53. The van der Waals surface area contributed by atoms with Crippen molar-refractivity contribution in [1.29, 1.82) is 0 Å². The van der Waals surface area contributed by atoms with Crippen molar-refractivity contribution in [3.8, 4) is 0 Å². The molecule has 0 aromatic carbocycles. The number of likely N-dealkylation sites (N-methyl/N-ethyl adjacent to an activating group) is 2. The highest BCUT2D eigenvalue weighted by atomic mass is 16.2. The molecule has 0 aromatic rings. The van der Waals surface area contributed by atoms with Crippen molar-refractivity contribution in [2.24, 2.45) is 0 Å². The number of hydrogen-bond acceptors (Lipinski definition) is 2. The maximum atomic E-state index is 11.2. The van der Waals surface area contributed by atoms with E-state index in [-0.39, 0.29) is 24.4 Å². The first-order chi connectivity index (χ1) is 5.04. The molecule has 4 nitrogen and oxygen atoms in total. The Morgan fingerprint density at radius 2 is 1.91 bits per heavy atom. The number of nitrogens with zero attached hydrogens (tertiary/aromatic N) is 2. The number of piperazine rings is 1. The summed E-state index contributed by atoms with van der Waals surface area (Å²) in [5.74, 6) is 0.00620. The van der Waals surface area contributed by atoms with Crippen molar-refractivity contribution in [2.45, 2.75) is 13.0 Å². The minimum absolute atomic E-state index is 0.000370. The summed E-state index contributed by atoms with van der Waals surface area (Å²) < 4.78 is 0. The van der Waals surface area contributed by atoms with Crippen LogP contribution in [-0.2, 0) is 9.59 Å². The Labute approximate surface area is 65.8 Å². The van der Waals surface area contributed by atoms with Crippen LogP contribution in [0.1, 0.15) is 6.92 Å². The van der Waals surface area contributed by atoms with Gasteiger partial charge in [0.15, 0.2) is 0 Å². The fraction of sp³-hybridized carbons (Fsp3) is 0.714. The number of rotatable bonds is 0. The van der Waals surface area contributed by atoms with Gasteiger partial charge >= 0.3 is 0 Å². The molecule has 0 bridgehead atoms. The summed E-state index contributed by atoms with van der Waals surface area (Å²) >= 11 is 0. The van der Waals surface area contributed by atoms with Gasteiger partial charge in [-0.05, 0) is 6.92 Å². The Morgan fingerprint density at radius 1 is 1.36 bits per heavy atom. The molecule has 4 heteroatoms. The van der Waals surface area contributed by atoms with Gasteiger partial charge in [-0.2, -0.15) is 0 Å². The molecule has 1 atom stereocenters. The molecule has 1 rings (SSSR count). The third kappa shape index (κ3) is 1.20. The van der Waals surface area contributed by atoms with E-state index >= 15 is 0 Å². The van der Waals surface area contributed by atoms with E-state index < -0.39 is 0 Å². The van der Waals surface area contributed by atoms with Gasteiger partial charge < -0.3 is 9.80 Å². The lowest BCUT2D eigenvalue weighted by molar-refractivity contribution is -0.152. The summed E-state index contributed by atoms with van der Waals surface area (Å²) in [5, 5.41) is 0. The molecule has 1 heterocycles. The van der Waals surface area contributed by atoms with Crippen molar-refractivity contribution in [3.63, 3.8) is 0 Å². The van der Waals surface area contributed by atoms with Crippen LogP contribution in [0.25, 0.3) is 0 Å². The zero-order valence-electron chi connectivity index (χ0n) is 7.00. The highest BCUT2D eigenvalue weighted by molar-refractivity contribution is 5.94. The van der Waals surface area contributed by atoms with Crippen LogP contribution < -0.4 is 0 Å². The molecule has 1 aliphatic rings. The van der Waals surface area contributed by atoms with Gasteiger partial charge in [0, 0.05) is 14.1 Å². The summed E-state index contributed by atoms with van der Waals surface area (Å²) in [7, 11) is 3.29. The smallest absolute Gasteiger partial charge is 0.245 e. The molecule has 0 aromatic heterocycles. The molecule has 0 saturated carbocycles. The van der Waals surface area contributed by atoms with Gasteiger partial charge in [-0.15, -0.1) is 0 Å². The summed E-state index contributed by atoms with van der Waals surface area (Å²) in [6.45, 7) is 1.94. The largest absolute Gasteiger partial charge is 0.335 e. The van der Waals surface area contributed by atoms with Crippen molar-refractivity contribution >= 4 is 11.8 Å². The van der Waals surface area contributed by atoms with E-state index in [2.05, 4.69) is 0 Å². The van der Waals surface area contributed by atoms with Gasteiger partial charge in [-0.3, -0.25) is 9.59 Å². The minimum atomic E-state index is -0.304. The van der Waals surface area contributed by atoms with E-state index in [1.807, 2.05) is 0 Å². The van der Waals surface area contributed by atoms with Gasteiger partial charge in [0.2, 0.25) is 11.8 Å². The Morgan fingerprint density at radius 3 is 2.45 bits per heavy atom. The molecule has 1 aliphatic heterocycles. The van der Waals surface area contributed by atoms with Crippen molar-refractivity contribution < 1.29 is 9.59 Å². The van der Waals surface area contributed by atoms with Crippen LogP contribution in [0.2, 0.25) is 0 Å². The van der Waals surface area contributed by atoms with Crippen LogP contribution in [-0.4, -0.2) is 48.3 Å². The van der Waals surface area contributed by atoms with E-state index in [0.717, 1.165) is 0 Å². The van der Waals surface area contributed by atoms with Gasteiger partial charge in [0.1, 0.15) is 6.04 Å². The van der Waals surface area contributed by atoms with E-state index in [0.29, 0.717) is 0 Å². The monoisotopic (exact) mass is 156 g/mol. The first-order valence-electron chi connectivity index (χ1n) is 3.54. The zero-order chi connectivity index (χ0) is 8.59. The summed E-state index contributed by atoms with van der Waals surface area (Å²) in [4.78, 5) is 25.2. The molecular weight excluding hydrogens is 144 g/mol. The lowest BCUT2D eigenvalue weighted by Gasteiger charge is -2.34. The Bertz CT molecular complexity index is 203. The first-order valence-corrected chi connectivity index (χ1v) is 3.54. The first kappa shape index (κ1) is 8.04. The van der Waals surface area contributed by atoms with Gasteiger partial charge in [0.25, 0.3) is 0 Å². The molecule has 11 heavy (non-hydrogen) atoms. The molecule has 0 aliphatic carbocycles. The lowest BCUT2D eigenvalue weighted by atomic mass is 10.2. The molecule has 1 saturated heterocycles. The predicted octanol–water partition coefficient (Wildman–Crippen LogP) is -0.695. The average Bonchev–Trinajstić information content (AvgIpc) is 1.97. The number of carbonyl (C=O) groups is 2. The van der Waals surface area contributed by atoms with Crippen LogP contribution >= 0.6 is 0 Å². The van der Waals surface area contributed by atoms with E-state index in [1.165, 1.54) is 9.80 Å². The Hall–Kier alpha value is -1.06. The topological polar surface area (TPSA) is 40.6 Å². The molecule has 0 radical (unpaired) electrons. The normalized spacial score (nSPS) is 26.3. The van der Waals surface area contributed by atoms with Gasteiger partial charge in [-0.25, -0.2) is 0 Å². The highest BCUT2D eigenvalue weighted by Gasteiger charge is 2.31. The van der Waals surface area contributed by atoms with E-state index in [9.17, 15) is 9.59 Å². The minimum Gasteiger partial charge on any atom is -0.335 e. The molecule has 62 valence electrons. The number of carbonyl (C=O) groups excluding carboxylic acids is 2. The Balaban J connectivity index is 2.78. The van der Waals surface area contributed by atoms with Crippen LogP contribution in [0, 0.1) is 0 Å². The van der Waals surface area contributed by atoms with Crippen LogP contribution in [0.15, 0.2) is 0 Å². The van der Waals surface area contributed by atoms with Crippen LogP contribution in [0.3, 0.4) is 0 Å². The SMILES string of the molecule is CC1C(=O)N(C)CC(=O)N1C. The number of hydrogen-bond donors (Lipinski definition) is 0. The molecular formula is C7H12N2O2. The lowest BCUT2D eigenvalue weighted by Crippen LogP contribution is -2.55. The fourth-order valence-electron chi connectivity index (χ4n) is 1.09. The highest BCUT2D eigenvalue weighted by Crippen LogP contribution is 2.07. The fourth-order valence-corrected chi connectivity index (χ4v) is 1.09. The van der Waals surface area contributed by atoms with E-state index in [1.54, 1.807) is 21.0 Å². The molecule has 1 fully saturated rings. The molecule has 0 N–H and O–H groups in total. The Kier molecular flexibility index (Phi) is 1.85. The average molecular weight is 156 g/mol. The number of amides is 2. The molecule has 0 spiro atoms. The quantitative estimate of drug-likeness (QED) is 0.465. The second-order valence-corrected chi connectivity index (χ2v) is 2.87.